The van der Waals surface area contributed by atoms with Crippen LogP contribution in [0.25, 0.3) is 0 Å². The molecule has 2 atom stereocenters. The number of hydrogen-bond donors (Lipinski definition) is 0. The van der Waals surface area contributed by atoms with Crippen molar-refractivity contribution in [1.82, 2.24) is 0 Å². The first-order valence-corrected chi connectivity index (χ1v) is 9.40. The zero-order chi connectivity index (χ0) is 19.4. The Morgan fingerprint density at radius 1 is 1.15 bits per heavy atom. The Balaban J connectivity index is 1.80. The third-order valence-electron chi connectivity index (χ3n) is 4.62. The second-order valence-corrected chi connectivity index (χ2v) is 7.41. The molecule has 2 aromatic carbocycles. The molecule has 4 nitrogen and oxygen atoms in total. The summed E-state index contributed by atoms with van der Waals surface area (Å²) in [7, 11) is 0. The Morgan fingerprint density at radius 3 is 2.44 bits per heavy atom. The Morgan fingerprint density at radius 2 is 1.81 bits per heavy atom. The molecule has 0 spiro atoms. The number of rotatable bonds is 5. The molecule has 1 aliphatic rings. The fourth-order valence-corrected chi connectivity index (χ4v) is 3.32. The van der Waals surface area contributed by atoms with E-state index in [1.54, 1.807) is 12.1 Å². The zero-order valence-corrected chi connectivity index (χ0v) is 16.1. The summed E-state index contributed by atoms with van der Waals surface area (Å²) in [6, 6.07) is 16.4. The molecule has 0 amide bonds. The summed E-state index contributed by atoms with van der Waals surface area (Å²) in [5.41, 5.74) is 2.39. The van der Waals surface area contributed by atoms with E-state index in [-0.39, 0.29) is 30.8 Å². The van der Waals surface area contributed by atoms with Crippen LogP contribution >= 0.6 is 11.6 Å². The number of carbonyl (C=O) groups excluding carboxylic acids is 2. The van der Waals surface area contributed by atoms with Gasteiger partial charge in [0.2, 0.25) is 0 Å². The van der Waals surface area contributed by atoms with Crippen molar-refractivity contribution in [2.45, 2.75) is 32.9 Å². The number of ketones is 1. The molecule has 1 heterocycles. The number of Topliss-reactive ketones (excluding diaryl/α,β-unsaturated/α-hetero) is 1. The number of hydrogen-bond acceptors (Lipinski definition) is 4. The van der Waals surface area contributed by atoms with Crippen LogP contribution in [-0.4, -0.2) is 17.5 Å². The van der Waals surface area contributed by atoms with Gasteiger partial charge in [-0.1, -0.05) is 67.9 Å². The van der Waals surface area contributed by atoms with Gasteiger partial charge in [0.15, 0.2) is 11.7 Å². The van der Waals surface area contributed by atoms with Gasteiger partial charge in [0.25, 0.3) is 0 Å². The van der Waals surface area contributed by atoms with Crippen LogP contribution in [0.4, 0.5) is 0 Å². The molecule has 0 saturated heterocycles. The lowest BCUT2D eigenvalue weighted by molar-refractivity contribution is -0.150. The lowest BCUT2D eigenvalue weighted by Gasteiger charge is -2.28. The van der Waals surface area contributed by atoms with Gasteiger partial charge in [0.1, 0.15) is 6.61 Å². The minimum atomic E-state index is -0.919. The molecule has 2 unspecified atom stereocenters. The average molecular weight is 384 g/mol. The summed E-state index contributed by atoms with van der Waals surface area (Å²) in [5.74, 6) is -1.62. The van der Waals surface area contributed by atoms with Gasteiger partial charge in [-0.05, 0) is 29.2 Å². The average Bonchev–Trinajstić information content (AvgIpc) is 2.66. The standard InChI is InChI=1S/C22H22ClNO3/c1-14(2)21-20(22(26)27-13-15-6-4-3-5-7-15)19(25)12-18(24-21)16-8-10-17(23)11-9-16/h3-11,14,18,20H,12-13H2,1-2H3. The first-order chi connectivity index (χ1) is 13.0. The Hall–Kier alpha value is -2.46. The van der Waals surface area contributed by atoms with Crippen molar-refractivity contribution in [2.75, 3.05) is 0 Å². The van der Waals surface area contributed by atoms with Gasteiger partial charge in [-0.2, -0.15) is 0 Å². The number of nitrogens with zero attached hydrogens (tertiary/aromatic N) is 1. The molecule has 2 aromatic rings. The molecule has 27 heavy (non-hydrogen) atoms. The number of ether oxygens (including phenoxy) is 1. The van der Waals surface area contributed by atoms with E-state index in [1.807, 2.05) is 56.3 Å². The van der Waals surface area contributed by atoms with E-state index in [4.69, 9.17) is 21.3 Å². The molecular weight excluding hydrogens is 362 g/mol. The topological polar surface area (TPSA) is 55.7 Å². The number of aliphatic imine (C=N–C) groups is 1. The fraction of sp³-hybridized carbons (Fsp3) is 0.318. The number of halogens is 1. The van der Waals surface area contributed by atoms with E-state index in [1.165, 1.54) is 0 Å². The maximum absolute atomic E-state index is 12.8. The predicted octanol–water partition coefficient (Wildman–Crippen LogP) is 4.81. The molecular formula is C22H22ClNO3. The minimum absolute atomic E-state index is 0.0293. The molecule has 140 valence electrons. The van der Waals surface area contributed by atoms with E-state index in [9.17, 15) is 9.59 Å². The van der Waals surface area contributed by atoms with Crippen molar-refractivity contribution in [2.24, 2.45) is 16.8 Å². The molecule has 0 aromatic heterocycles. The van der Waals surface area contributed by atoms with Crippen LogP contribution in [-0.2, 0) is 20.9 Å². The monoisotopic (exact) mass is 383 g/mol. The Labute approximate surface area is 164 Å². The van der Waals surface area contributed by atoms with E-state index >= 15 is 0 Å². The van der Waals surface area contributed by atoms with Crippen molar-refractivity contribution in [3.63, 3.8) is 0 Å². The highest BCUT2D eigenvalue weighted by atomic mass is 35.5. The normalized spacial score (nSPS) is 19.7. The molecule has 0 aliphatic carbocycles. The quantitative estimate of drug-likeness (QED) is 0.550. The summed E-state index contributed by atoms with van der Waals surface area (Å²) in [4.78, 5) is 30.2. The number of benzene rings is 2. The molecule has 0 fully saturated rings. The van der Waals surface area contributed by atoms with E-state index in [0.717, 1.165) is 11.1 Å². The SMILES string of the molecule is CC(C)C1=NC(c2ccc(Cl)cc2)CC(=O)C1C(=O)OCc1ccccc1. The maximum atomic E-state index is 12.8. The molecule has 0 saturated carbocycles. The van der Waals surface area contributed by atoms with Crippen LogP contribution in [0, 0.1) is 11.8 Å². The third-order valence-corrected chi connectivity index (χ3v) is 4.88. The lowest BCUT2D eigenvalue weighted by atomic mass is 9.83. The fourth-order valence-electron chi connectivity index (χ4n) is 3.20. The summed E-state index contributed by atoms with van der Waals surface area (Å²) < 4.78 is 5.42. The van der Waals surface area contributed by atoms with Crippen LogP contribution in [0.15, 0.2) is 59.6 Å². The van der Waals surface area contributed by atoms with Gasteiger partial charge in [-0.3, -0.25) is 14.6 Å². The van der Waals surface area contributed by atoms with Gasteiger partial charge in [0, 0.05) is 17.2 Å². The smallest absolute Gasteiger partial charge is 0.322 e. The van der Waals surface area contributed by atoms with E-state index in [2.05, 4.69) is 0 Å². The van der Waals surface area contributed by atoms with Crippen molar-refractivity contribution in [1.29, 1.82) is 0 Å². The maximum Gasteiger partial charge on any atom is 0.322 e. The van der Waals surface area contributed by atoms with Crippen LogP contribution < -0.4 is 0 Å². The Kier molecular flexibility index (Phi) is 6.07. The molecule has 1 aliphatic heterocycles. The van der Waals surface area contributed by atoms with Crippen molar-refractivity contribution in [3.05, 3.63) is 70.7 Å². The molecule has 0 radical (unpaired) electrons. The summed E-state index contributed by atoms with van der Waals surface area (Å²) in [6.45, 7) is 4.02. The van der Waals surface area contributed by atoms with Gasteiger partial charge in [-0.25, -0.2) is 0 Å². The zero-order valence-electron chi connectivity index (χ0n) is 15.4. The van der Waals surface area contributed by atoms with Gasteiger partial charge in [-0.15, -0.1) is 0 Å². The van der Waals surface area contributed by atoms with E-state index in [0.29, 0.717) is 10.7 Å². The second-order valence-electron chi connectivity index (χ2n) is 6.97. The van der Waals surface area contributed by atoms with Crippen molar-refractivity contribution < 1.29 is 14.3 Å². The van der Waals surface area contributed by atoms with E-state index < -0.39 is 11.9 Å². The highest BCUT2D eigenvalue weighted by molar-refractivity contribution is 6.30. The van der Waals surface area contributed by atoms with Gasteiger partial charge < -0.3 is 4.74 Å². The van der Waals surface area contributed by atoms with Crippen LogP contribution in [0.5, 0.6) is 0 Å². The summed E-state index contributed by atoms with van der Waals surface area (Å²) in [6.07, 6.45) is 0.183. The third kappa shape index (κ3) is 4.64. The van der Waals surface area contributed by atoms with Crippen LogP contribution in [0.3, 0.4) is 0 Å². The summed E-state index contributed by atoms with van der Waals surface area (Å²) >= 11 is 5.94. The van der Waals surface area contributed by atoms with Crippen LogP contribution in [0.2, 0.25) is 5.02 Å². The van der Waals surface area contributed by atoms with Crippen molar-refractivity contribution in [3.8, 4) is 0 Å². The summed E-state index contributed by atoms with van der Waals surface area (Å²) in [5, 5.41) is 0.635. The lowest BCUT2D eigenvalue weighted by Crippen LogP contribution is -2.39. The molecule has 0 N–H and O–H groups in total. The first-order valence-electron chi connectivity index (χ1n) is 9.02. The predicted molar refractivity (Wildman–Crippen MR) is 106 cm³/mol. The number of esters is 1. The van der Waals surface area contributed by atoms with Crippen LogP contribution in [0.1, 0.15) is 37.4 Å². The van der Waals surface area contributed by atoms with Gasteiger partial charge >= 0.3 is 5.97 Å². The second kappa shape index (κ2) is 8.49. The molecule has 3 rings (SSSR count). The molecule has 5 heteroatoms. The highest BCUT2D eigenvalue weighted by Gasteiger charge is 2.39. The molecule has 0 bridgehead atoms. The van der Waals surface area contributed by atoms with Crippen molar-refractivity contribution >= 4 is 29.1 Å². The first kappa shape index (κ1) is 19.3. The number of carbonyl (C=O) groups is 2. The minimum Gasteiger partial charge on any atom is -0.460 e. The Bertz CT molecular complexity index is 844. The highest BCUT2D eigenvalue weighted by Crippen LogP contribution is 2.32. The van der Waals surface area contributed by atoms with Gasteiger partial charge in [0.05, 0.1) is 6.04 Å². The largest absolute Gasteiger partial charge is 0.460 e.